The first-order valence-corrected chi connectivity index (χ1v) is 3.70. The standard InChI is InChI=1S/C10H15N/c1-5-7-8-9(3)10(4)11-6-2/h5-8H,4H2,1-3H3/b7-5+,9-8-,11-6?. The Labute approximate surface area is 68.9 Å². The second-order valence-electron chi connectivity index (χ2n) is 2.21. The third-order valence-corrected chi connectivity index (χ3v) is 1.28. The minimum atomic E-state index is 0.825. The zero-order valence-corrected chi connectivity index (χ0v) is 7.46. The number of rotatable bonds is 3. The molecule has 1 nitrogen and oxygen atoms in total. The molecule has 0 heterocycles. The Kier molecular flexibility index (Phi) is 5.09. The van der Waals surface area contributed by atoms with E-state index in [4.69, 9.17) is 0 Å². The summed E-state index contributed by atoms with van der Waals surface area (Å²) in [6.07, 6.45) is 7.70. The second-order valence-corrected chi connectivity index (χ2v) is 2.21. The van der Waals surface area contributed by atoms with Gasteiger partial charge in [0.05, 0.1) is 5.70 Å². The van der Waals surface area contributed by atoms with Crippen LogP contribution in [0.3, 0.4) is 0 Å². The largest absolute Gasteiger partial charge is 0.262 e. The molecule has 0 aliphatic carbocycles. The van der Waals surface area contributed by atoms with Crippen LogP contribution >= 0.6 is 0 Å². The molecule has 0 aromatic heterocycles. The van der Waals surface area contributed by atoms with Crippen LogP contribution in [0.15, 0.2) is 41.1 Å². The predicted molar refractivity (Wildman–Crippen MR) is 51.9 cm³/mol. The molecular formula is C10H15N. The van der Waals surface area contributed by atoms with Crippen LogP contribution in [0.1, 0.15) is 20.8 Å². The van der Waals surface area contributed by atoms with Crippen molar-refractivity contribution in [2.75, 3.05) is 0 Å². The van der Waals surface area contributed by atoms with E-state index in [1.807, 2.05) is 39.0 Å². The molecule has 0 fully saturated rings. The maximum atomic E-state index is 4.06. The van der Waals surface area contributed by atoms with Crippen molar-refractivity contribution >= 4 is 6.21 Å². The maximum absolute atomic E-state index is 4.06. The monoisotopic (exact) mass is 149 g/mol. The Bertz CT molecular complexity index is 207. The third-order valence-electron chi connectivity index (χ3n) is 1.28. The van der Waals surface area contributed by atoms with Gasteiger partial charge in [0.1, 0.15) is 0 Å². The number of nitrogens with zero attached hydrogens (tertiary/aromatic N) is 1. The molecule has 60 valence electrons. The fourth-order valence-corrected chi connectivity index (χ4v) is 0.594. The quantitative estimate of drug-likeness (QED) is 0.432. The van der Waals surface area contributed by atoms with Gasteiger partial charge in [-0.05, 0) is 26.3 Å². The summed E-state index contributed by atoms with van der Waals surface area (Å²) in [5.74, 6) is 0. The summed E-state index contributed by atoms with van der Waals surface area (Å²) in [5.41, 5.74) is 1.92. The molecule has 0 aromatic rings. The zero-order valence-electron chi connectivity index (χ0n) is 7.46. The fraction of sp³-hybridized carbons (Fsp3) is 0.300. The lowest BCUT2D eigenvalue weighted by Gasteiger charge is -1.95. The topological polar surface area (TPSA) is 12.4 Å². The van der Waals surface area contributed by atoms with E-state index < -0.39 is 0 Å². The molecule has 0 aliphatic rings. The minimum Gasteiger partial charge on any atom is -0.262 e. The van der Waals surface area contributed by atoms with Crippen LogP contribution in [0.2, 0.25) is 0 Å². The average molecular weight is 149 g/mol. The van der Waals surface area contributed by atoms with Crippen molar-refractivity contribution in [3.63, 3.8) is 0 Å². The first-order chi connectivity index (χ1) is 5.22. The first kappa shape index (κ1) is 9.89. The van der Waals surface area contributed by atoms with Gasteiger partial charge < -0.3 is 0 Å². The molecule has 0 amide bonds. The van der Waals surface area contributed by atoms with E-state index >= 15 is 0 Å². The lowest BCUT2D eigenvalue weighted by molar-refractivity contribution is 1.30. The van der Waals surface area contributed by atoms with Gasteiger partial charge in [-0.1, -0.05) is 24.8 Å². The number of allylic oxidation sites excluding steroid dienone is 4. The van der Waals surface area contributed by atoms with Gasteiger partial charge in [0.15, 0.2) is 0 Å². The molecule has 0 atom stereocenters. The van der Waals surface area contributed by atoms with E-state index in [0.29, 0.717) is 0 Å². The van der Waals surface area contributed by atoms with Crippen LogP contribution in [0.25, 0.3) is 0 Å². The van der Waals surface area contributed by atoms with Crippen LogP contribution in [0.5, 0.6) is 0 Å². The number of hydrogen-bond acceptors (Lipinski definition) is 1. The summed E-state index contributed by atoms with van der Waals surface area (Å²) in [4.78, 5) is 4.06. The Morgan fingerprint density at radius 3 is 2.45 bits per heavy atom. The van der Waals surface area contributed by atoms with Gasteiger partial charge in [-0.2, -0.15) is 0 Å². The summed E-state index contributed by atoms with van der Waals surface area (Å²) in [6, 6.07) is 0. The van der Waals surface area contributed by atoms with Crippen LogP contribution in [0, 0.1) is 0 Å². The van der Waals surface area contributed by atoms with Crippen molar-refractivity contribution in [1.29, 1.82) is 0 Å². The van der Waals surface area contributed by atoms with Crippen molar-refractivity contribution in [3.8, 4) is 0 Å². The van der Waals surface area contributed by atoms with Crippen LogP contribution in [-0.2, 0) is 0 Å². The van der Waals surface area contributed by atoms with Gasteiger partial charge in [0, 0.05) is 6.21 Å². The zero-order chi connectivity index (χ0) is 8.69. The van der Waals surface area contributed by atoms with Gasteiger partial charge in [-0.3, -0.25) is 4.99 Å². The number of hydrogen-bond donors (Lipinski definition) is 0. The summed E-state index contributed by atoms with van der Waals surface area (Å²) in [6.45, 7) is 9.66. The van der Waals surface area contributed by atoms with E-state index in [1.54, 1.807) is 6.21 Å². The molecular weight excluding hydrogens is 134 g/mol. The molecule has 11 heavy (non-hydrogen) atoms. The van der Waals surface area contributed by atoms with E-state index in [0.717, 1.165) is 11.3 Å². The van der Waals surface area contributed by atoms with E-state index in [1.165, 1.54) is 0 Å². The lowest BCUT2D eigenvalue weighted by atomic mass is 10.2. The molecule has 0 unspecified atom stereocenters. The van der Waals surface area contributed by atoms with Gasteiger partial charge in [-0.25, -0.2) is 0 Å². The van der Waals surface area contributed by atoms with E-state index in [9.17, 15) is 0 Å². The van der Waals surface area contributed by atoms with Crippen molar-refractivity contribution < 1.29 is 0 Å². The summed E-state index contributed by atoms with van der Waals surface area (Å²) >= 11 is 0. The molecule has 0 spiro atoms. The Morgan fingerprint density at radius 2 is 2.00 bits per heavy atom. The van der Waals surface area contributed by atoms with Gasteiger partial charge in [0.25, 0.3) is 0 Å². The normalized spacial score (nSPS) is 13.2. The van der Waals surface area contributed by atoms with Gasteiger partial charge >= 0.3 is 0 Å². The molecule has 0 radical (unpaired) electrons. The fourth-order valence-electron chi connectivity index (χ4n) is 0.594. The molecule has 0 bridgehead atoms. The minimum absolute atomic E-state index is 0.825. The van der Waals surface area contributed by atoms with Gasteiger partial charge in [0.2, 0.25) is 0 Å². The van der Waals surface area contributed by atoms with Crippen LogP contribution in [-0.4, -0.2) is 6.21 Å². The van der Waals surface area contributed by atoms with E-state index in [2.05, 4.69) is 11.6 Å². The Morgan fingerprint density at radius 1 is 1.36 bits per heavy atom. The van der Waals surface area contributed by atoms with Crippen LogP contribution < -0.4 is 0 Å². The predicted octanol–water partition coefficient (Wildman–Crippen LogP) is 3.11. The molecule has 0 rings (SSSR count). The SMILES string of the molecule is C=C(N=CC)/C(C)=C\C=C\C. The number of aliphatic imine (C=N–C) groups is 1. The highest BCUT2D eigenvalue weighted by Crippen LogP contribution is 2.06. The molecule has 0 saturated heterocycles. The summed E-state index contributed by atoms with van der Waals surface area (Å²) < 4.78 is 0. The Balaban J connectivity index is 4.23. The first-order valence-electron chi connectivity index (χ1n) is 3.70. The van der Waals surface area contributed by atoms with Crippen molar-refractivity contribution in [2.24, 2.45) is 4.99 Å². The summed E-state index contributed by atoms with van der Waals surface area (Å²) in [7, 11) is 0. The molecule has 0 aromatic carbocycles. The van der Waals surface area contributed by atoms with Gasteiger partial charge in [-0.15, -0.1) is 0 Å². The smallest absolute Gasteiger partial charge is 0.0582 e. The van der Waals surface area contributed by atoms with Crippen molar-refractivity contribution in [1.82, 2.24) is 0 Å². The highest BCUT2D eigenvalue weighted by atomic mass is 14.7. The molecule has 1 heteroatoms. The van der Waals surface area contributed by atoms with Crippen molar-refractivity contribution in [2.45, 2.75) is 20.8 Å². The molecule has 0 aliphatic heterocycles. The molecule has 0 saturated carbocycles. The maximum Gasteiger partial charge on any atom is 0.0582 e. The molecule has 0 N–H and O–H groups in total. The third kappa shape index (κ3) is 4.31. The highest BCUT2D eigenvalue weighted by molar-refractivity contribution is 5.56. The Hall–Kier alpha value is -1.11. The highest BCUT2D eigenvalue weighted by Gasteiger charge is 1.88. The average Bonchev–Trinajstić information content (AvgIpc) is 2.00. The van der Waals surface area contributed by atoms with E-state index in [-0.39, 0.29) is 0 Å². The van der Waals surface area contributed by atoms with Crippen LogP contribution in [0.4, 0.5) is 0 Å². The van der Waals surface area contributed by atoms with Crippen molar-refractivity contribution in [3.05, 3.63) is 36.1 Å². The summed E-state index contributed by atoms with van der Waals surface area (Å²) in [5, 5.41) is 0. The lowest BCUT2D eigenvalue weighted by Crippen LogP contribution is -1.77. The second kappa shape index (κ2) is 5.66.